The molecule has 0 spiro atoms. The fourth-order valence-electron chi connectivity index (χ4n) is 1.24. The van der Waals surface area contributed by atoms with Gasteiger partial charge in [0.05, 0.1) is 0 Å². The van der Waals surface area contributed by atoms with Crippen LogP contribution in [0.1, 0.15) is 0 Å². The molecule has 0 unspecified atom stereocenters. The predicted molar refractivity (Wildman–Crippen MR) is 50.9 cm³/mol. The summed E-state index contributed by atoms with van der Waals surface area (Å²) < 4.78 is 11.4. The van der Waals surface area contributed by atoms with Crippen LogP contribution in [0.25, 0.3) is 19.3 Å². The number of fused-ring (bicyclic) bond motifs is 2. The molecule has 2 nitrogen and oxygen atoms in total. The molecule has 0 atom stereocenters. The molecule has 2 aromatic heterocycles. The number of benzene rings is 1. The van der Waals surface area contributed by atoms with Crippen LogP contribution in [0.4, 0.5) is 0 Å². The molecule has 2 heterocycles. The van der Waals surface area contributed by atoms with Crippen LogP contribution < -0.4 is 0 Å². The van der Waals surface area contributed by atoms with E-state index in [1.807, 2.05) is 12.4 Å². The van der Waals surface area contributed by atoms with E-state index in [0.717, 1.165) is 0 Å². The van der Waals surface area contributed by atoms with E-state index in [2.05, 4.69) is 20.1 Å². The first-order valence-corrected chi connectivity index (χ1v) is 6.77. The number of rotatable bonds is 0. The Morgan fingerprint density at radius 3 is 2.00 bits per heavy atom. The van der Waals surface area contributed by atoms with E-state index >= 15 is 0 Å². The number of nitrogens with zero attached hydrogens (tertiary/aromatic N) is 2. The first kappa shape index (κ1) is 7.05. The predicted octanol–water partition coefficient (Wildman–Crippen LogP) is 0.897. The molecular weight excluding hydrogens is 282 g/mol. The molecule has 0 N–H and O–H groups in total. The van der Waals surface area contributed by atoms with Crippen LogP contribution in [-0.4, -0.2) is 37.4 Å². The molecule has 1 aromatic carbocycles. The molecule has 58 valence electrons. The number of hydrogen-bond donors (Lipinski definition) is 0. The number of aromatic nitrogens is 2. The van der Waals surface area contributed by atoms with Gasteiger partial charge in [0.15, 0.2) is 0 Å². The van der Waals surface area contributed by atoms with Gasteiger partial charge in [-0.1, -0.05) is 0 Å². The molecule has 0 aliphatic carbocycles. The van der Waals surface area contributed by atoms with Gasteiger partial charge in [-0.25, -0.2) is 0 Å². The van der Waals surface area contributed by atoms with Crippen LogP contribution >= 0.6 is 0 Å². The van der Waals surface area contributed by atoms with E-state index in [0.29, 0.717) is 29.5 Å². The van der Waals surface area contributed by atoms with Crippen molar-refractivity contribution in [2.45, 2.75) is 0 Å². The maximum atomic E-state index is 4.29. The third kappa shape index (κ3) is 0.932. The minimum atomic E-state index is 0.336. The molecule has 0 aliphatic rings. The average molecular weight is 286 g/mol. The topological polar surface area (TPSA) is 25.8 Å². The van der Waals surface area contributed by atoms with Gasteiger partial charge in [0.25, 0.3) is 0 Å². The summed E-state index contributed by atoms with van der Waals surface area (Å²) >= 11 is 0.673. The van der Waals surface area contributed by atoms with E-state index < -0.39 is 0 Å². The normalized spacial score (nSPS) is 11.3. The van der Waals surface area contributed by atoms with E-state index in [-0.39, 0.29) is 0 Å². The quantitative estimate of drug-likeness (QED) is 0.574. The number of hydrogen-bond acceptors (Lipinski definition) is 2. The van der Waals surface area contributed by atoms with Gasteiger partial charge in [0, 0.05) is 0 Å². The second-order valence-corrected chi connectivity index (χ2v) is 6.08. The summed E-state index contributed by atoms with van der Waals surface area (Å²) in [5, 5.41) is 2.61. The third-order valence-electron chi connectivity index (χ3n) is 1.83. The summed E-state index contributed by atoms with van der Waals surface area (Å²) in [6.45, 7) is 0. The Morgan fingerprint density at radius 2 is 1.42 bits per heavy atom. The van der Waals surface area contributed by atoms with Crippen molar-refractivity contribution < 1.29 is 0 Å². The van der Waals surface area contributed by atoms with Gasteiger partial charge < -0.3 is 0 Å². The van der Waals surface area contributed by atoms with Crippen LogP contribution in [0.3, 0.4) is 0 Å². The summed E-state index contributed by atoms with van der Waals surface area (Å²) in [6, 6.07) is 4.49. The Labute approximate surface area is 81.2 Å². The van der Waals surface area contributed by atoms with Crippen LogP contribution in [0, 0.1) is 0 Å². The first-order chi connectivity index (χ1) is 5.93. The zero-order valence-corrected chi connectivity index (χ0v) is 9.45. The molecule has 0 radical (unpaired) electrons. The standard InChI is InChI=1S/C8H4N2Se2/c1-5-3-9-11-7(5)2-8-6(1)4-10-12-8/h1-4H. The second-order valence-electron chi connectivity index (χ2n) is 2.58. The van der Waals surface area contributed by atoms with E-state index in [1.165, 1.54) is 19.3 Å². The molecule has 12 heavy (non-hydrogen) atoms. The van der Waals surface area contributed by atoms with Crippen molar-refractivity contribution in [2.24, 2.45) is 0 Å². The van der Waals surface area contributed by atoms with Crippen LogP contribution in [-0.2, 0) is 0 Å². The van der Waals surface area contributed by atoms with Gasteiger partial charge in [0.2, 0.25) is 0 Å². The summed E-state index contributed by atoms with van der Waals surface area (Å²) in [7, 11) is 0. The second kappa shape index (κ2) is 2.54. The fourth-order valence-corrected chi connectivity index (χ4v) is 4.41. The van der Waals surface area contributed by atoms with Gasteiger partial charge in [-0.05, 0) is 0 Å². The summed E-state index contributed by atoms with van der Waals surface area (Å²) in [5.74, 6) is 0. The molecule has 0 bridgehead atoms. The Hall–Kier alpha value is -0.401. The Morgan fingerprint density at radius 1 is 0.833 bits per heavy atom. The summed E-state index contributed by atoms with van der Waals surface area (Å²) in [6.07, 6.45) is 3.96. The zero-order valence-electron chi connectivity index (χ0n) is 6.02. The van der Waals surface area contributed by atoms with Gasteiger partial charge in [-0.3, -0.25) is 0 Å². The van der Waals surface area contributed by atoms with Crippen LogP contribution in [0.15, 0.2) is 24.5 Å². The van der Waals surface area contributed by atoms with E-state index in [4.69, 9.17) is 0 Å². The fraction of sp³-hybridized carbons (Fsp3) is 0. The minimum absolute atomic E-state index is 0.336. The van der Waals surface area contributed by atoms with Gasteiger partial charge in [-0.2, -0.15) is 0 Å². The monoisotopic (exact) mass is 288 g/mol. The molecule has 3 rings (SSSR count). The Balaban J connectivity index is 2.62. The van der Waals surface area contributed by atoms with Crippen molar-refractivity contribution >= 4 is 48.8 Å². The Bertz CT molecular complexity index is 447. The first-order valence-electron chi connectivity index (χ1n) is 3.52. The molecule has 0 saturated carbocycles. The van der Waals surface area contributed by atoms with Crippen molar-refractivity contribution in [2.75, 3.05) is 0 Å². The molecule has 4 heteroatoms. The average Bonchev–Trinajstić information content (AvgIpc) is 2.64. The van der Waals surface area contributed by atoms with Crippen molar-refractivity contribution in [1.82, 2.24) is 7.96 Å². The van der Waals surface area contributed by atoms with Crippen molar-refractivity contribution in [1.29, 1.82) is 0 Å². The molecule has 0 saturated heterocycles. The van der Waals surface area contributed by atoms with Crippen molar-refractivity contribution in [3.05, 3.63) is 24.5 Å². The van der Waals surface area contributed by atoms with Gasteiger partial charge >= 0.3 is 81.2 Å². The molecule has 0 fully saturated rings. The van der Waals surface area contributed by atoms with Gasteiger partial charge in [-0.15, -0.1) is 0 Å². The summed E-state index contributed by atoms with van der Waals surface area (Å²) in [5.41, 5.74) is 0. The molecule has 0 amide bonds. The Kier molecular flexibility index (Phi) is 1.49. The summed E-state index contributed by atoms with van der Waals surface area (Å²) in [4.78, 5) is 0. The third-order valence-corrected chi connectivity index (χ3v) is 5.02. The molecule has 3 aromatic rings. The molecular formula is C8H4N2Se2. The van der Waals surface area contributed by atoms with Crippen molar-refractivity contribution in [3.63, 3.8) is 0 Å². The van der Waals surface area contributed by atoms with Crippen molar-refractivity contribution in [3.8, 4) is 0 Å². The van der Waals surface area contributed by atoms with E-state index in [9.17, 15) is 0 Å². The van der Waals surface area contributed by atoms with Crippen LogP contribution in [0.2, 0.25) is 0 Å². The maximum absolute atomic E-state index is 4.29. The van der Waals surface area contributed by atoms with Crippen LogP contribution in [0.5, 0.6) is 0 Å². The van der Waals surface area contributed by atoms with Gasteiger partial charge in [0.1, 0.15) is 0 Å². The van der Waals surface area contributed by atoms with E-state index in [1.54, 1.807) is 0 Å². The zero-order chi connectivity index (χ0) is 7.97. The molecule has 0 aliphatic heterocycles. The SMILES string of the molecule is c1n[se]c2cc3[se]ncc3cc12.